The van der Waals surface area contributed by atoms with Crippen molar-refractivity contribution in [3.8, 4) is 0 Å². The molecular weight excluding hydrogens is 295 g/mol. The molecule has 2 amide bonds. The van der Waals surface area contributed by atoms with Gasteiger partial charge in [-0.15, -0.1) is 0 Å². The summed E-state index contributed by atoms with van der Waals surface area (Å²) in [5.41, 5.74) is 0.597. The highest BCUT2D eigenvalue weighted by Gasteiger charge is 2.45. The normalized spacial score (nSPS) is 25.5. The van der Waals surface area contributed by atoms with Crippen molar-refractivity contribution in [2.24, 2.45) is 0 Å². The van der Waals surface area contributed by atoms with Gasteiger partial charge in [-0.3, -0.25) is 9.59 Å². The lowest BCUT2D eigenvalue weighted by Gasteiger charge is -2.41. The maximum atomic E-state index is 13.4. The van der Waals surface area contributed by atoms with Crippen LogP contribution >= 0.6 is 11.6 Å². The molecule has 2 atom stereocenters. The van der Waals surface area contributed by atoms with E-state index in [9.17, 15) is 14.0 Å². The third-order valence-electron chi connectivity index (χ3n) is 4.20. The molecule has 4 nitrogen and oxygen atoms in total. The van der Waals surface area contributed by atoms with Crippen molar-refractivity contribution in [3.05, 3.63) is 34.6 Å². The largest absolute Gasteiger partial charge is 0.329 e. The SMILES string of the molecule is C[C@H]1C(=O)N2CCC[C@H]2C(=O)N1Cc1cc(F)cc(Cl)c1. The molecule has 2 fully saturated rings. The Kier molecular flexibility index (Phi) is 3.61. The monoisotopic (exact) mass is 310 g/mol. The summed E-state index contributed by atoms with van der Waals surface area (Å²) in [6.45, 7) is 2.57. The number of halogens is 2. The average Bonchev–Trinajstić information content (AvgIpc) is 2.90. The number of carbonyl (C=O) groups is 2. The summed E-state index contributed by atoms with van der Waals surface area (Å²) in [5.74, 6) is -0.525. The molecule has 3 rings (SSSR count). The van der Waals surface area contributed by atoms with Crippen LogP contribution in [-0.2, 0) is 16.1 Å². The summed E-state index contributed by atoms with van der Waals surface area (Å²) < 4.78 is 13.4. The van der Waals surface area contributed by atoms with Crippen LogP contribution in [0.1, 0.15) is 25.3 Å². The van der Waals surface area contributed by atoms with Gasteiger partial charge in [-0.1, -0.05) is 11.6 Å². The molecule has 0 aliphatic carbocycles. The van der Waals surface area contributed by atoms with E-state index in [1.165, 1.54) is 17.0 Å². The number of amides is 2. The van der Waals surface area contributed by atoms with E-state index in [1.54, 1.807) is 17.9 Å². The first kappa shape index (κ1) is 14.3. The van der Waals surface area contributed by atoms with Gasteiger partial charge in [-0.2, -0.15) is 0 Å². The molecule has 2 aliphatic heterocycles. The van der Waals surface area contributed by atoms with Gasteiger partial charge < -0.3 is 9.80 Å². The Bertz CT molecular complexity index is 587. The minimum Gasteiger partial charge on any atom is -0.329 e. The van der Waals surface area contributed by atoms with Gasteiger partial charge in [-0.25, -0.2) is 4.39 Å². The molecule has 2 saturated heterocycles. The third kappa shape index (κ3) is 2.50. The Morgan fingerprint density at radius 2 is 2.05 bits per heavy atom. The molecule has 0 unspecified atom stereocenters. The summed E-state index contributed by atoms with van der Waals surface area (Å²) in [7, 11) is 0. The maximum absolute atomic E-state index is 13.4. The van der Waals surface area contributed by atoms with Gasteiger partial charge in [-0.05, 0) is 43.5 Å². The van der Waals surface area contributed by atoms with Crippen LogP contribution in [0.4, 0.5) is 4.39 Å². The maximum Gasteiger partial charge on any atom is 0.246 e. The molecule has 21 heavy (non-hydrogen) atoms. The fourth-order valence-corrected chi connectivity index (χ4v) is 3.40. The van der Waals surface area contributed by atoms with Crippen molar-refractivity contribution >= 4 is 23.4 Å². The minimum absolute atomic E-state index is 0.0281. The first-order chi connectivity index (χ1) is 9.97. The van der Waals surface area contributed by atoms with E-state index in [0.717, 1.165) is 6.42 Å². The Morgan fingerprint density at radius 3 is 2.76 bits per heavy atom. The van der Waals surface area contributed by atoms with Crippen molar-refractivity contribution in [2.45, 2.75) is 38.4 Å². The van der Waals surface area contributed by atoms with Crippen LogP contribution in [0.25, 0.3) is 0 Å². The lowest BCUT2D eigenvalue weighted by molar-refractivity contribution is -0.159. The molecule has 0 aromatic heterocycles. The van der Waals surface area contributed by atoms with Crippen LogP contribution in [0.3, 0.4) is 0 Å². The van der Waals surface area contributed by atoms with Gasteiger partial charge in [0.05, 0.1) is 0 Å². The number of carbonyl (C=O) groups excluding carboxylic acids is 2. The minimum atomic E-state index is -0.520. The van der Waals surface area contributed by atoms with Crippen molar-refractivity contribution < 1.29 is 14.0 Å². The summed E-state index contributed by atoms with van der Waals surface area (Å²) in [5, 5.41) is 0.288. The highest BCUT2D eigenvalue weighted by atomic mass is 35.5. The summed E-state index contributed by atoms with van der Waals surface area (Å²) >= 11 is 5.84. The average molecular weight is 311 g/mol. The third-order valence-corrected chi connectivity index (χ3v) is 4.42. The number of fused-ring (bicyclic) bond motifs is 1. The van der Waals surface area contributed by atoms with E-state index in [0.29, 0.717) is 18.5 Å². The highest BCUT2D eigenvalue weighted by Crippen LogP contribution is 2.28. The second-order valence-electron chi connectivity index (χ2n) is 5.61. The molecule has 6 heteroatoms. The molecule has 1 aromatic rings. The molecular formula is C15H16ClFN2O2. The summed E-state index contributed by atoms with van der Waals surface area (Å²) in [6.07, 6.45) is 1.56. The van der Waals surface area contributed by atoms with Gasteiger partial charge in [0.25, 0.3) is 0 Å². The highest BCUT2D eigenvalue weighted by molar-refractivity contribution is 6.30. The first-order valence-electron chi connectivity index (χ1n) is 7.03. The van der Waals surface area contributed by atoms with Gasteiger partial charge in [0.2, 0.25) is 11.8 Å². The molecule has 0 spiro atoms. The standard InChI is InChI=1S/C15H16ClFN2O2/c1-9-14(20)18-4-2-3-13(18)15(21)19(9)8-10-5-11(16)7-12(17)6-10/h5-7,9,13H,2-4,8H2,1H3/t9-,13-/m0/s1. The molecule has 112 valence electrons. The van der Waals surface area contributed by atoms with Gasteiger partial charge in [0.15, 0.2) is 0 Å². The number of nitrogens with zero attached hydrogens (tertiary/aromatic N) is 2. The molecule has 0 radical (unpaired) electrons. The second kappa shape index (κ2) is 5.30. The summed E-state index contributed by atoms with van der Waals surface area (Å²) in [6, 6.07) is 3.32. The molecule has 2 aliphatic rings. The van der Waals surface area contributed by atoms with Crippen molar-refractivity contribution in [1.29, 1.82) is 0 Å². The van der Waals surface area contributed by atoms with Crippen LogP contribution in [-0.4, -0.2) is 40.2 Å². The van der Waals surface area contributed by atoms with E-state index < -0.39 is 11.9 Å². The molecule has 0 saturated carbocycles. The van der Waals surface area contributed by atoms with Crippen LogP contribution in [0, 0.1) is 5.82 Å². The quantitative estimate of drug-likeness (QED) is 0.840. The molecule has 1 aromatic carbocycles. The fourth-order valence-electron chi connectivity index (χ4n) is 3.16. The molecule has 0 bridgehead atoms. The number of hydrogen-bond donors (Lipinski definition) is 0. The zero-order chi connectivity index (χ0) is 15.1. The lowest BCUT2D eigenvalue weighted by Crippen LogP contribution is -2.61. The predicted molar refractivity (Wildman–Crippen MR) is 76.2 cm³/mol. The number of rotatable bonds is 2. The number of benzene rings is 1. The fraction of sp³-hybridized carbons (Fsp3) is 0.467. The zero-order valence-corrected chi connectivity index (χ0v) is 12.4. The Labute approximate surface area is 127 Å². The van der Waals surface area contributed by atoms with Gasteiger partial charge >= 0.3 is 0 Å². The van der Waals surface area contributed by atoms with Gasteiger partial charge in [0.1, 0.15) is 17.9 Å². The van der Waals surface area contributed by atoms with Crippen molar-refractivity contribution in [3.63, 3.8) is 0 Å². The predicted octanol–water partition coefficient (Wildman–Crippen LogP) is 2.20. The lowest BCUT2D eigenvalue weighted by atomic mass is 10.0. The van der Waals surface area contributed by atoms with E-state index in [1.807, 2.05) is 0 Å². The smallest absolute Gasteiger partial charge is 0.246 e. The Hall–Kier alpha value is -1.62. The van der Waals surface area contributed by atoms with Crippen LogP contribution in [0.5, 0.6) is 0 Å². The first-order valence-corrected chi connectivity index (χ1v) is 7.41. The van der Waals surface area contributed by atoms with E-state index in [4.69, 9.17) is 11.6 Å². The van der Waals surface area contributed by atoms with Crippen molar-refractivity contribution in [2.75, 3.05) is 6.54 Å². The Morgan fingerprint density at radius 1 is 1.29 bits per heavy atom. The van der Waals surface area contributed by atoms with Crippen LogP contribution in [0.15, 0.2) is 18.2 Å². The van der Waals surface area contributed by atoms with Crippen LogP contribution in [0.2, 0.25) is 5.02 Å². The van der Waals surface area contributed by atoms with Gasteiger partial charge in [0, 0.05) is 18.1 Å². The zero-order valence-electron chi connectivity index (χ0n) is 11.7. The summed E-state index contributed by atoms with van der Waals surface area (Å²) in [4.78, 5) is 28.1. The van der Waals surface area contributed by atoms with E-state index in [-0.39, 0.29) is 29.4 Å². The molecule has 0 N–H and O–H groups in total. The number of piperazine rings is 1. The second-order valence-corrected chi connectivity index (χ2v) is 6.05. The Balaban J connectivity index is 1.86. The topological polar surface area (TPSA) is 40.6 Å². The molecule has 2 heterocycles. The number of hydrogen-bond acceptors (Lipinski definition) is 2. The van der Waals surface area contributed by atoms with Crippen molar-refractivity contribution in [1.82, 2.24) is 9.80 Å². The van der Waals surface area contributed by atoms with E-state index in [2.05, 4.69) is 0 Å². The van der Waals surface area contributed by atoms with E-state index >= 15 is 0 Å². The van der Waals surface area contributed by atoms with Crippen LogP contribution < -0.4 is 0 Å².